The van der Waals surface area contributed by atoms with Crippen LogP contribution in [-0.4, -0.2) is 32.8 Å². The summed E-state index contributed by atoms with van der Waals surface area (Å²) in [4.78, 5) is 16.1. The van der Waals surface area contributed by atoms with Gasteiger partial charge >= 0.3 is 0 Å². The minimum Gasteiger partial charge on any atom is -0.474 e. The fourth-order valence-corrected chi connectivity index (χ4v) is 3.86. The van der Waals surface area contributed by atoms with Crippen molar-refractivity contribution in [1.29, 1.82) is 0 Å². The van der Waals surface area contributed by atoms with Crippen LogP contribution < -0.4 is 16.2 Å². The van der Waals surface area contributed by atoms with Crippen molar-refractivity contribution in [3.05, 3.63) is 17.8 Å². The largest absolute Gasteiger partial charge is 0.474 e. The molecule has 2 heterocycles. The molecular formula is C15H19N5O2. The monoisotopic (exact) mass is 301 g/mol. The number of ether oxygens (including phenoxy) is 1. The molecule has 0 aliphatic heterocycles. The molecule has 7 nitrogen and oxygen atoms in total. The Bertz CT molecular complexity index is 755. The van der Waals surface area contributed by atoms with Gasteiger partial charge in [-0.2, -0.15) is 10.1 Å². The van der Waals surface area contributed by atoms with E-state index in [1.807, 2.05) is 0 Å². The standard InChI is InChI=1S/C15H19N5O2/c1-20-13-8(7-18-20)2-11(12(17)21)14(19-13)22-10-5-15(6-10)3-9(16)4-15/h2,7,9-10H,3-6,16H2,1H3,(H2,17,21)/t9-,10-,15?. The molecule has 2 fully saturated rings. The predicted molar refractivity (Wildman–Crippen MR) is 80.3 cm³/mol. The number of primary amides is 1. The average Bonchev–Trinajstić information content (AvgIpc) is 2.75. The van der Waals surface area contributed by atoms with Gasteiger partial charge in [-0.15, -0.1) is 0 Å². The lowest BCUT2D eigenvalue weighted by Gasteiger charge is -2.56. The van der Waals surface area contributed by atoms with Crippen molar-refractivity contribution < 1.29 is 9.53 Å². The van der Waals surface area contributed by atoms with Crippen LogP contribution in [0.2, 0.25) is 0 Å². The topological polar surface area (TPSA) is 109 Å². The van der Waals surface area contributed by atoms with E-state index in [9.17, 15) is 4.79 Å². The molecule has 0 bridgehead atoms. The predicted octanol–water partition coefficient (Wildman–Crippen LogP) is 0.716. The lowest BCUT2D eigenvalue weighted by atomic mass is 9.53. The second-order valence-corrected chi connectivity index (χ2v) is 6.70. The third kappa shape index (κ3) is 1.96. The first-order valence-corrected chi connectivity index (χ1v) is 7.51. The molecule has 4 N–H and O–H groups in total. The summed E-state index contributed by atoms with van der Waals surface area (Å²) in [6, 6.07) is 2.03. The van der Waals surface area contributed by atoms with E-state index in [1.165, 1.54) is 0 Å². The van der Waals surface area contributed by atoms with Crippen LogP contribution in [0, 0.1) is 5.41 Å². The van der Waals surface area contributed by atoms with Crippen LogP contribution in [0.15, 0.2) is 12.3 Å². The third-order valence-electron chi connectivity index (χ3n) is 4.93. The van der Waals surface area contributed by atoms with Gasteiger partial charge in [0.1, 0.15) is 11.7 Å². The molecule has 2 aromatic rings. The first kappa shape index (κ1) is 13.5. The van der Waals surface area contributed by atoms with Gasteiger partial charge in [-0.1, -0.05) is 0 Å². The molecule has 0 saturated heterocycles. The van der Waals surface area contributed by atoms with E-state index in [1.54, 1.807) is 24.0 Å². The first-order chi connectivity index (χ1) is 10.5. The normalized spacial score (nSPS) is 30.1. The molecular weight excluding hydrogens is 282 g/mol. The highest BCUT2D eigenvalue weighted by Gasteiger charge is 2.53. The SMILES string of the molecule is Cn1ncc2cc(C(N)=O)c(O[C@H]3CC4(C[C@@H](N)C4)C3)nc21. The molecule has 22 heavy (non-hydrogen) atoms. The zero-order chi connectivity index (χ0) is 15.5. The van der Waals surface area contributed by atoms with Gasteiger partial charge in [0.2, 0.25) is 5.88 Å². The number of hydrogen-bond donors (Lipinski definition) is 2. The Morgan fingerprint density at radius 3 is 2.77 bits per heavy atom. The van der Waals surface area contributed by atoms with Crippen LogP contribution in [0.25, 0.3) is 11.0 Å². The third-order valence-corrected chi connectivity index (χ3v) is 4.93. The molecule has 1 spiro atoms. The van der Waals surface area contributed by atoms with Crippen LogP contribution in [0.3, 0.4) is 0 Å². The van der Waals surface area contributed by atoms with Gasteiger partial charge in [-0.3, -0.25) is 9.48 Å². The average molecular weight is 301 g/mol. The smallest absolute Gasteiger partial charge is 0.254 e. The summed E-state index contributed by atoms with van der Waals surface area (Å²) in [5.74, 6) is -0.222. The lowest BCUT2D eigenvalue weighted by molar-refractivity contribution is -0.0796. The summed E-state index contributed by atoms with van der Waals surface area (Å²) in [6.45, 7) is 0. The zero-order valence-electron chi connectivity index (χ0n) is 12.5. The quantitative estimate of drug-likeness (QED) is 0.868. The maximum absolute atomic E-state index is 11.7. The van der Waals surface area contributed by atoms with Crippen molar-refractivity contribution in [1.82, 2.24) is 14.8 Å². The van der Waals surface area contributed by atoms with Gasteiger partial charge in [0.25, 0.3) is 5.91 Å². The summed E-state index contributed by atoms with van der Waals surface area (Å²) in [5.41, 5.74) is 12.7. The van der Waals surface area contributed by atoms with E-state index in [-0.39, 0.29) is 6.10 Å². The molecule has 7 heteroatoms. The maximum atomic E-state index is 11.7. The molecule has 116 valence electrons. The number of fused-ring (bicyclic) bond motifs is 1. The van der Waals surface area contributed by atoms with Crippen molar-refractivity contribution in [2.45, 2.75) is 37.8 Å². The number of aromatic nitrogens is 3. The second-order valence-electron chi connectivity index (χ2n) is 6.70. The highest BCUT2D eigenvalue weighted by Crippen LogP contribution is 2.56. The van der Waals surface area contributed by atoms with Crippen LogP contribution >= 0.6 is 0 Å². The Labute approximate surface area is 127 Å². The van der Waals surface area contributed by atoms with E-state index in [0.717, 1.165) is 31.1 Å². The first-order valence-electron chi connectivity index (χ1n) is 7.51. The molecule has 2 saturated carbocycles. The number of nitrogens with zero attached hydrogens (tertiary/aromatic N) is 3. The van der Waals surface area contributed by atoms with E-state index >= 15 is 0 Å². The highest BCUT2D eigenvalue weighted by atomic mass is 16.5. The molecule has 2 aliphatic rings. The molecule has 0 aromatic carbocycles. The number of carbonyl (C=O) groups is 1. The van der Waals surface area contributed by atoms with Crippen LogP contribution in [0.1, 0.15) is 36.0 Å². The Balaban J connectivity index is 1.59. The van der Waals surface area contributed by atoms with Crippen molar-refractivity contribution in [2.24, 2.45) is 23.9 Å². The summed E-state index contributed by atoms with van der Waals surface area (Å²) in [7, 11) is 1.80. The number of hydrogen-bond acceptors (Lipinski definition) is 5. The second kappa shape index (κ2) is 4.42. The molecule has 0 radical (unpaired) electrons. The summed E-state index contributed by atoms with van der Waals surface area (Å²) >= 11 is 0. The van der Waals surface area contributed by atoms with Crippen molar-refractivity contribution in [3.8, 4) is 5.88 Å². The fourth-order valence-electron chi connectivity index (χ4n) is 3.86. The minimum absolute atomic E-state index is 0.0868. The summed E-state index contributed by atoms with van der Waals surface area (Å²) < 4.78 is 7.60. The Kier molecular flexibility index (Phi) is 2.72. The minimum atomic E-state index is -0.534. The Morgan fingerprint density at radius 1 is 1.41 bits per heavy atom. The lowest BCUT2D eigenvalue weighted by Crippen LogP contribution is -2.56. The van der Waals surface area contributed by atoms with E-state index in [0.29, 0.717) is 28.5 Å². The Morgan fingerprint density at radius 2 is 2.14 bits per heavy atom. The maximum Gasteiger partial charge on any atom is 0.254 e. The molecule has 2 aliphatic carbocycles. The number of aryl methyl sites for hydroxylation is 1. The van der Waals surface area contributed by atoms with E-state index in [2.05, 4.69) is 10.1 Å². The molecule has 1 amide bonds. The number of nitrogens with two attached hydrogens (primary N) is 2. The molecule has 4 rings (SSSR count). The van der Waals surface area contributed by atoms with Crippen LogP contribution in [-0.2, 0) is 7.05 Å². The van der Waals surface area contributed by atoms with Crippen LogP contribution in [0.4, 0.5) is 0 Å². The fraction of sp³-hybridized carbons (Fsp3) is 0.533. The van der Waals surface area contributed by atoms with Gasteiger partial charge in [0.15, 0.2) is 5.65 Å². The van der Waals surface area contributed by atoms with Crippen molar-refractivity contribution in [3.63, 3.8) is 0 Å². The van der Waals surface area contributed by atoms with Gasteiger partial charge in [0, 0.05) is 18.5 Å². The van der Waals surface area contributed by atoms with E-state index < -0.39 is 5.91 Å². The zero-order valence-corrected chi connectivity index (χ0v) is 12.5. The molecule has 2 aromatic heterocycles. The van der Waals surface area contributed by atoms with Crippen molar-refractivity contribution >= 4 is 16.9 Å². The number of pyridine rings is 1. The van der Waals surface area contributed by atoms with Gasteiger partial charge in [0.05, 0.1) is 6.20 Å². The summed E-state index contributed by atoms with van der Waals surface area (Å²) in [5, 5.41) is 4.91. The van der Waals surface area contributed by atoms with E-state index in [4.69, 9.17) is 16.2 Å². The van der Waals surface area contributed by atoms with Gasteiger partial charge in [-0.05, 0) is 37.2 Å². The van der Waals surface area contributed by atoms with Crippen LogP contribution in [0.5, 0.6) is 5.88 Å². The van der Waals surface area contributed by atoms with Crippen molar-refractivity contribution in [2.75, 3.05) is 0 Å². The molecule has 0 unspecified atom stereocenters. The number of amides is 1. The number of rotatable bonds is 3. The Hall–Kier alpha value is -2.15. The highest BCUT2D eigenvalue weighted by molar-refractivity contribution is 5.98. The summed E-state index contributed by atoms with van der Waals surface area (Å²) in [6.07, 6.45) is 5.84. The van der Waals surface area contributed by atoms with Gasteiger partial charge < -0.3 is 16.2 Å². The number of carbonyl (C=O) groups excluding carboxylic acids is 1. The molecule has 0 atom stereocenters. The van der Waals surface area contributed by atoms with Gasteiger partial charge in [-0.25, -0.2) is 0 Å².